The lowest BCUT2D eigenvalue weighted by Crippen LogP contribution is -2.31. The number of para-hydroxylation sites is 1. The van der Waals surface area contributed by atoms with Crippen LogP contribution in [0, 0.1) is 6.92 Å². The minimum absolute atomic E-state index is 0.0440. The number of rotatable bonds is 8. The zero-order valence-electron chi connectivity index (χ0n) is 15.6. The summed E-state index contributed by atoms with van der Waals surface area (Å²) in [7, 11) is 0. The van der Waals surface area contributed by atoms with E-state index in [-0.39, 0.29) is 18.2 Å². The Morgan fingerprint density at radius 3 is 2.56 bits per heavy atom. The third-order valence-electron chi connectivity index (χ3n) is 4.61. The zero-order chi connectivity index (χ0) is 19.1. The summed E-state index contributed by atoms with van der Waals surface area (Å²) in [5.41, 5.74) is 2.79. The lowest BCUT2D eigenvalue weighted by molar-refractivity contribution is -0.120. The minimum Gasteiger partial charge on any atom is -0.356 e. The predicted octanol–water partition coefficient (Wildman–Crippen LogP) is 3.28. The lowest BCUT2D eigenvalue weighted by atomic mass is 10.1. The lowest BCUT2D eigenvalue weighted by Gasteiger charge is -2.09. The van der Waals surface area contributed by atoms with Crippen molar-refractivity contribution in [3.05, 3.63) is 71.9 Å². The molecule has 2 amide bonds. The molecule has 2 aromatic carbocycles. The maximum Gasteiger partial charge on any atom is 0.251 e. The number of benzene rings is 2. The van der Waals surface area contributed by atoms with Gasteiger partial charge >= 0.3 is 0 Å². The van der Waals surface area contributed by atoms with Gasteiger partial charge < -0.3 is 15.2 Å². The van der Waals surface area contributed by atoms with E-state index in [0.29, 0.717) is 18.7 Å². The van der Waals surface area contributed by atoms with Crippen LogP contribution in [0.2, 0.25) is 0 Å². The van der Waals surface area contributed by atoms with Crippen LogP contribution in [0.15, 0.2) is 60.8 Å². The number of hydrogen-bond donors (Lipinski definition) is 2. The van der Waals surface area contributed by atoms with Crippen LogP contribution in [0.5, 0.6) is 0 Å². The van der Waals surface area contributed by atoms with Crippen LogP contribution in [-0.4, -0.2) is 29.5 Å². The van der Waals surface area contributed by atoms with Gasteiger partial charge in [0.1, 0.15) is 0 Å². The Balaban J connectivity index is 1.34. The fourth-order valence-corrected chi connectivity index (χ4v) is 3.11. The van der Waals surface area contributed by atoms with E-state index in [9.17, 15) is 9.59 Å². The summed E-state index contributed by atoms with van der Waals surface area (Å²) in [5, 5.41) is 6.94. The van der Waals surface area contributed by atoms with Crippen molar-refractivity contribution >= 4 is 22.7 Å². The van der Waals surface area contributed by atoms with Crippen LogP contribution in [0.25, 0.3) is 10.9 Å². The molecule has 3 aromatic rings. The highest BCUT2D eigenvalue weighted by Crippen LogP contribution is 2.15. The summed E-state index contributed by atoms with van der Waals surface area (Å²) in [6, 6.07) is 17.8. The van der Waals surface area contributed by atoms with E-state index in [4.69, 9.17) is 0 Å². The second kappa shape index (κ2) is 9.03. The molecule has 0 aliphatic heterocycles. The van der Waals surface area contributed by atoms with Crippen LogP contribution in [0.3, 0.4) is 0 Å². The number of nitrogens with one attached hydrogen (secondary N) is 2. The minimum atomic E-state index is -0.139. The molecule has 3 rings (SSSR count). The summed E-state index contributed by atoms with van der Waals surface area (Å²) in [4.78, 5) is 24.0. The van der Waals surface area contributed by atoms with E-state index in [1.807, 2.05) is 37.3 Å². The molecule has 5 nitrogen and oxygen atoms in total. The Kier molecular flexibility index (Phi) is 6.26. The third kappa shape index (κ3) is 4.97. The van der Waals surface area contributed by atoms with Gasteiger partial charge in [-0.25, -0.2) is 0 Å². The molecule has 2 N–H and O–H groups in total. The Bertz CT molecular complexity index is 930. The molecule has 27 heavy (non-hydrogen) atoms. The van der Waals surface area contributed by atoms with Crippen molar-refractivity contribution < 1.29 is 9.59 Å². The zero-order valence-corrected chi connectivity index (χ0v) is 15.6. The molecular formula is C22H25N3O2. The van der Waals surface area contributed by atoms with Gasteiger partial charge in [0.25, 0.3) is 5.91 Å². The smallest absolute Gasteiger partial charge is 0.251 e. The summed E-state index contributed by atoms with van der Waals surface area (Å²) in [5.74, 6) is -0.183. The van der Waals surface area contributed by atoms with Crippen molar-refractivity contribution in [3.8, 4) is 0 Å². The molecule has 0 aliphatic carbocycles. The first kappa shape index (κ1) is 18.7. The molecule has 0 aliphatic rings. The summed E-state index contributed by atoms with van der Waals surface area (Å²) >= 11 is 0. The van der Waals surface area contributed by atoms with E-state index in [1.54, 1.807) is 6.07 Å². The number of carbonyl (C=O) groups excluding carboxylic acids is 2. The highest BCUT2D eigenvalue weighted by Gasteiger charge is 2.08. The van der Waals surface area contributed by atoms with Gasteiger partial charge in [0.2, 0.25) is 5.91 Å². The molecule has 0 unspecified atom stereocenters. The van der Waals surface area contributed by atoms with Crippen molar-refractivity contribution in [2.75, 3.05) is 13.1 Å². The van der Waals surface area contributed by atoms with Gasteiger partial charge in [-0.15, -0.1) is 0 Å². The second-order valence-corrected chi connectivity index (χ2v) is 6.59. The fourth-order valence-electron chi connectivity index (χ4n) is 3.11. The van der Waals surface area contributed by atoms with Crippen LogP contribution >= 0.6 is 0 Å². The average Bonchev–Trinajstić information content (AvgIpc) is 3.09. The summed E-state index contributed by atoms with van der Waals surface area (Å²) < 4.78 is 2.20. The summed E-state index contributed by atoms with van der Waals surface area (Å²) in [6.07, 6.45) is 3.22. The van der Waals surface area contributed by atoms with Crippen LogP contribution in [0.4, 0.5) is 0 Å². The molecule has 0 saturated carbocycles. The van der Waals surface area contributed by atoms with Gasteiger partial charge in [-0.1, -0.05) is 36.4 Å². The number of carbonyl (C=O) groups is 2. The number of fused-ring (bicyclic) bond motifs is 1. The van der Waals surface area contributed by atoms with Gasteiger partial charge in [-0.2, -0.15) is 0 Å². The number of nitrogens with zero attached hydrogens (tertiary/aromatic N) is 1. The first-order valence-electron chi connectivity index (χ1n) is 9.29. The van der Waals surface area contributed by atoms with E-state index >= 15 is 0 Å². The molecule has 0 fully saturated rings. The number of amides is 2. The summed E-state index contributed by atoms with van der Waals surface area (Å²) in [6.45, 7) is 3.71. The molecule has 0 bridgehead atoms. The largest absolute Gasteiger partial charge is 0.356 e. The van der Waals surface area contributed by atoms with Gasteiger partial charge in [-0.3, -0.25) is 9.59 Å². The standard InChI is InChI=1S/C22H25N3O2/c1-17-7-2-4-9-19(17)22(27)24-14-11-21(26)23-13-6-15-25-16-12-18-8-3-5-10-20(18)25/h2-5,7-10,12,16H,6,11,13-15H2,1H3,(H,23,26)(H,24,27). The van der Waals surface area contributed by atoms with Crippen molar-refractivity contribution in [1.82, 2.24) is 15.2 Å². The van der Waals surface area contributed by atoms with E-state index in [2.05, 4.69) is 39.6 Å². The topological polar surface area (TPSA) is 63.1 Å². The molecule has 140 valence electrons. The number of hydrogen-bond acceptors (Lipinski definition) is 2. The fraction of sp³-hybridized carbons (Fsp3) is 0.273. The Morgan fingerprint density at radius 2 is 1.70 bits per heavy atom. The van der Waals surface area contributed by atoms with E-state index in [0.717, 1.165) is 18.5 Å². The van der Waals surface area contributed by atoms with Crippen LogP contribution in [0.1, 0.15) is 28.8 Å². The molecule has 0 spiro atoms. The van der Waals surface area contributed by atoms with Crippen molar-refractivity contribution in [2.24, 2.45) is 0 Å². The van der Waals surface area contributed by atoms with Crippen molar-refractivity contribution in [3.63, 3.8) is 0 Å². The van der Waals surface area contributed by atoms with Gasteiger partial charge in [-0.05, 0) is 42.5 Å². The third-order valence-corrected chi connectivity index (χ3v) is 4.61. The van der Waals surface area contributed by atoms with E-state index in [1.165, 1.54) is 10.9 Å². The SMILES string of the molecule is Cc1ccccc1C(=O)NCCC(=O)NCCCn1ccc2ccccc21. The molecule has 1 aromatic heterocycles. The van der Waals surface area contributed by atoms with Crippen molar-refractivity contribution in [1.29, 1.82) is 0 Å². The molecular weight excluding hydrogens is 338 g/mol. The quantitative estimate of drug-likeness (QED) is 0.603. The second-order valence-electron chi connectivity index (χ2n) is 6.59. The first-order chi connectivity index (χ1) is 13.1. The van der Waals surface area contributed by atoms with Crippen molar-refractivity contribution in [2.45, 2.75) is 26.3 Å². The Morgan fingerprint density at radius 1 is 0.926 bits per heavy atom. The number of aryl methyl sites for hydroxylation is 2. The maximum absolute atomic E-state index is 12.1. The van der Waals surface area contributed by atoms with Crippen LogP contribution < -0.4 is 10.6 Å². The molecule has 1 heterocycles. The van der Waals surface area contributed by atoms with Gasteiger partial charge in [0.05, 0.1) is 0 Å². The number of aromatic nitrogens is 1. The average molecular weight is 363 g/mol. The molecule has 0 saturated heterocycles. The Labute approximate surface area is 159 Å². The van der Waals surface area contributed by atoms with Crippen LogP contribution in [-0.2, 0) is 11.3 Å². The maximum atomic E-state index is 12.1. The molecule has 5 heteroatoms. The van der Waals surface area contributed by atoms with Gasteiger partial charge in [0, 0.05) is 43.3 Å². The molecule has 0 radical (unpaired) electrons. The monoisotopic (exact) mass is 363 g/mol. The first-order valence-corrected chi connectivity index (χ1v) is 9.29. The van der Waals surface area contributed by atoms with Gasteiger partial charge in [0.15, 0.2) is 0 Å². The highest BCUT2D eigenvalue weighted by atomic mass is 16.2. The molecule has 0 atom stereocenters. The van der Waals surface area contributed by atoms with E-state index < -0.39 is 0 Å². The predicted molar refractivity (Wildman–Crippen MR) is 108 cm³/mol. The normalized spacial score (nSPS) is 10.7. The highest BCUT2D eigenvalue weighted by molar-refractivity contribution is 5.95. The Hall–Kier alpha value is -3.08.